The fraction of sp³-hybridized carbons (Fsp3) is 0.0667. The number of rotatable bonds is 7. The number of halogens is 4. The summed E-state index contributed by atoms with van der Waals surface area (Å²) in [6.45, 7) is -0.465. The maximum atomic E-state index is 13.9. The van der Waals surface area contributed by atoms with Gasteiger partial charge in [-0.3, -0.25) is 9.59 Å². The lowest BCUT2D eigenvalue weighted by Gasteiger charge is -2.14. The predicted molar refractivity (Wildman–Crippen MR) is 145 cm³/mol. The molecule has 1 amide bonds. The molecule has 0 bridgehead atoms. The third kappa shape index (κ3) is 5.94. The van der Waals surface area contributed by atoms with E-state index in [0.29, 0.717) is 10.7 Å². The van der Waals surface area contributed by atoms with Crippen molar-refractivity contribution in [2.75, 3.05) is 11.9 Å². The SMILES string of the molecule is O=C(COc1ccc2c(=O)c(Oc3ccc(-c4ccccc4)cc3)c(C(F)(F)F)oc2c1)Nc1ccccc1Cl. The number of hydrogen-bond acceptors (Lipinski definition) is 5. The zero-order valence-electron chi connectivity index (χ0n) is 20.5. The number of alkyl halides is 3. The fourth-order valence-corrected chi connectivity index (χ4v) is 4.07. The number of anilines is 1. The summed E-state index contributed by atoms with van der Waals surface area (Å²) in [5.74, 6) is -3.08. The van der Waals surface area contributed by atoms with Gasteiger partial charge in [0.1, 0.15) is 17.1 Å². The second-order valence-corrected chi connectivity index (χ2v) is 8.96. The molecule has 1 aromatic heterocycles. The molecule has 0 fully saturated rings. The van der Waals surface area contributed by atoms with Crippen molar-refractivity contribution in [2.45, 2.75) is 6.18 Å². The van der Waals surface area contributed by atoms with Crippen molar-refractivity contribution in [3.8, 4) is 28.4 Å². The first-order chi connectivity index (χ1) is 19.2. The van der Waals surface area contributed by atoms with Gasteiger partial charge >= 0.3 is 6.18 Å². The minimum Gasteiger partial charge on any atom is -0.484 e. The van der Waals surface area contributed by atoms with Crippen molar-refractivity contribution in [2.24, 2.45) is 0 Å². The van der Waals surface area contributed by atoms with Crippen molar-refractivity contribution in [1.82, 2.24) is 0 Å². The van der Waals surface area contributed by atoms with Crippen LogP contribution in [0.15, 0.2) is 106 Å². The molecule has 4 aromatic carbocycles. The van der Waals surface area contributed by atoms with Gasteiger partial charge in [-0.05, 0) is 47.5 Å². The first kappa shape index (κ1) is 26.8. The molecule has 0 saturated carbocycles. The summed E-state index contributed by atoms with van der Waals surface area (Å²) in [6.07, 6.45) is -5.03. The molecule has 0 saturated heterocycles. The van der Waals surface area contributed by atoms with E-state index in [1.807, 2.05) is 30.3 Å². The van der Waals surface area contributed by atoms with Crippen LogP contribution in [0, 0.1) is 0 Å². The van der Waals surface area contributed by atoms with Crippen LogP contribution in [0.1, 0.15) is 5.76 Å². The van der Waals surface area contributed by atoms with E-state index in [1.165, 1.54) is 24.3 Å². The standard InChI is InChI=1S/C30H19ClF3NO5/c31-23-8-4-5-9-24(23)35-26(36)17-38-21-14-15-22-25(16-21)40-29(30(32,33)34)28(27(22)37)39-20-12-10-19(11-13-20)18-6-2-1-3-7-18/h1-16H,17H2,(H,35,36). The van der Waals surface area contributed by atoms with Gasteiger partial charge in [-0.2, -0.15) is 13.2 Å². The van der Waals surface area contributed by atoms with E-state index in [-0.39, 0.29) is 22.5 Å². The number of nitrogens with one attached hydrogen (secondary N) is 1. The predicted octanol–water partition coefficient (Wildman–Crippen LogP) is 7.94. The highest BCUT2D eigenvalue weighted by molar-refractivity contribution is 6.33. The zero-order chi connectivity index (χ0) is 28.3. The lowest BCUT2D eigenvalue weighted by molar-refractivity contribution is -0.154. The molecule has 5 rings (SSSR count). The van der Waals surface area contributed by atoms with E-state index >= 15 is 0 Å². The average molecular weight is 566 g/mol. The Morgan fingerprint density at radius 3 is 2.20 bits per heavy atom. The lowest BCUT2D eigenvalue weighted by Crippen LogP contribution is -2.20. The van der Waals surface area contributed by atoms with Crippen molar-refractivity contribution in [1.29, 1.82) is 0 Å². The van der Waals surface area contributed by atoms with E-state index in [2.05, 4.69) is 5.32 Å². The second-order valence-electron chi connectivity index (χ2n) is 8.55. The highest BCUT2D eigenvalue weighted by Gasteiger charge is 2.40. The van der Waals surface area contributed by atoms with Crippen molar-refractivity contribution in [3.63, 3.8) is 0 Å². The van der Waals surface area contributed by atoms with E-state index in [4.69, 9.17) is 25.5 Å². The van der Waals surface area contributed by atoms with Crippen LogP contribution in [0.3, 0.4) is 0 Å². The summed E-state index contributed by atoms with van der Waals surface area (Å²) in [7, 11) is 0. The molecule has 1 heterocycles. The van der Waals surface area contributed by atoms with E-state index < -0.39 is 35.6 Å². The summed E-state index contributed by atoms with van der Waals surface area (Å²) in [5.41, 5.74) is 0.716. The van der Waals surface area contributed by atoms with E-state index in [9.17, 15) is 22.8 Å². The van der Waals surface area contributed by atoms with Crippen LogP contribution in [0.25, 0.3) is 22.1 Å². The number of hydrogen-bond donors (Lipinski definition) is 1. The van der Waals surface area contributed by atoms with Gasteiger partial charge in [-0.25, -0.2) is 0 Å². The van der Waals surface area contributed by atoms with Gasteiger partial charge in [0, 0.05) is 6.07 Å². The summed E-state index contributed by atoms with van der Waals surface area (Å²) in [6, 6.07) is 25.9. The van der Waals surface area contributed by atoms with Crippen LogP contribution in [0.2, 0.25) is 5.02 Å². The van der Waals surface area contributed by atoms with Crippen molar-refractivity contribution >= 4 is 34.2 Å². The number of carbonyl (C=O) groups is 1. The Hall–Kier alpha value is -4.76. The van der Waals surface area contributed by atoms with Gasteiger partial charge in [0.05, 0.1) is 16.1 Å². The van der Waals surface area contributed by atoms with Crippen LogP contribution in [0.4, 0.5) is 18.9 Å². The summed E-state index contributed by atoms with van der Waals surface area (Å²) in [4.78, 5) is 25.3. The summed E-state index contributed by atoms with van der Waals surface area (Å²) < 4.78 is 57.7. The number of ether oxygens (including phenoxy) is 2. The van der Waals surface area contributed by atoms with Gasteiger partial charge in [0.15, 0.2) is 6.61 Å². The minimum absolute atomic E-state index is 0.0169. The first-order valence-electron chi connectivity index (χ1n) is 11.9. The normalized spacial score (nSPS) is 11.3. The third-order valence-electron chi connectivity index (χ3n) is 5.78. The lowest BCUT2D eigenvalue weighted by atomic mass is 10.1. The number of benzene rings is 4. The topological polar surface area (TPSA) is 77.8 Å². The maximum Gasteiger partial charge on any atom is 0.453 e. The largest absolute Gasteiger partial charge is 0.484 e. The molecule has 10 heteroatoms. The molecule has 202 valence electrons. The Bertz CT molecular complexity index is 1740. The van der Waals surface area contributed by atoms with Gasteiger partial charge in [-0.15, -0.1) is 0 Å². The maximum absolute atomic E-state index is 13.9. The fourth-order valence-electron chi connectivity index (χ4n) is 3.89. The van der Waals surface area contributed by atoms with Crippen LogP contribution in [-0.4, -0.2) is 12.5 Å². The molecule has 0 unspecified atom stereocenters. The summed E-state index contributed by atoms with van der Waals surface area (Å²) >= 11 is 6.01. The Labute approximate surface area is 230 Å². The highest BCUT2D eigenvalue weighted by Crippen LogP contribution is 2.39. The van der Waals surface area contributed by atoms with Crippen molar-refractivity contribution < 1.29 is 31.9 Å². The molecule has 0 aliphatic rings. The second kappa shape index (κ2) is 11.2. The van der Waals surface area contributed by atoms with Gasteiger partial charge in [0.25, 0.3) is 11.7 Å². The van der Waals surface area contributed by atoms with Gasteiger partial charge in [-0.1, -0.05) is 66.2 Å². The van der Waals surface area contributed by atoms with E-state index in [0.717, 1.165) is 17.2 Å². The molecular weight excluding hydrogens is 547 g/mol. The highest BCUT2D eigenvalue weighted by atomic mass is 35.5. The van der Waals surface area contributed by atoms with Gasteiger partial charge in [0.2, 0.25) is 11.2 Å². The van der Waals surface area contributed by atoms with E-state index in [1.54, 1.807) is 36.4 Å². The molecule has 40 heavy (non-hydrogen) atoms. The number of para-hydroxylation sites is 1. The monoisotopic (exact) mass is 565 g/mol. The van der Waals surface area contributed by atoms with Crippen molar-refractivity contribution in [3.05, 3.63) is 118 Å². The molecule has 0 atom stereocenters. The number of fused-ring (bicyclic) bond motifs is 1. The molecule has 5 aromatic rings. The quantitative estimate of drug-likeness (QED) is 0.217. The van der Waals surface area contributed by atoms with Crippen LogP contribution < -0.4 is 20.2 Å². The van der Waals surface area contributed by atoms with Gasteiger partial charge < -0.3 is 19.2 Å². The molecule has 0 spiro atoms. The van der Waals surface area contributed by atoms with Crippen LogP contribution in [0.5, 0.6) is 17.2 Å². The van der Waals surface area contributed by atoms with Crippen LogP contribution in [-0.2, 0) is 11.0 Å². The average Bonchev–Trinajstić information content (AvgIpc) is 2.95. The molecule has 0 radical (unpaired) electrons. The summed E-state index contributed by atoms with van der Waals surface area (Å²) in [5, 5.41) is 2.74. The molecule has 0 aliphatic carbocycles. The number of carbonyl (C=O) groups excluding carboxylic acids is 1. The molecule has 6 nitrogen and oxygen atoms in total. The van der Waals surface area contributed by atoms with Crippen LogP contribution >= 0.6 is 11.6 Å². The zero-order valence-corrected chi connectivity index (χ0v) is 21.3. The number of amides is 1. The Kier molecular flexibility index (Phi) is 7.48. The third-order valence-corrected chi connectivity index (χ3v) is 6.11. The molecule has 1 N–H and O–H groups in total. The first-order valence-corrected chi connectivity index (χ1v) is 12.3. The molecular formula is C30H19ClF3NO5. The Morgan fingerprint density at radius 1 is 0.850 bits per heavy atom. The molecule has 0 aliphatic heterocycles. The minimum atomic E-state index is -5.03. The Balaban J connectivity index is 1.39. The Morgan fingerprint density at radius 2 is 1.50 bits per heavy atom. The smallest absolute Gasteiger partial charge is 0.453 e.